The van der Waals surface area contributed by atoms with Crippen LogP contribution in [0.25, 0.3) is 0 Å². The zero-order valence-corrected chi connectivity index (χ0v) is 5.57. The molecule has 0 radical (unpaired) electrons. The van der Waals surface area contributed by atoms with Crippen molar-refractivity contribution in [1.82, 2.24) is 0 Å². The lowest BCUT2D eigenvalue weighted by Crippen LogP contribution is -1.81. The number of hydrogen-bond donors (Lipinski definition) is 0. The van der Waals surface area contributed by atoms with Gasteiger partial charge in [-0.2, -0.15) is 0 Å². The second-order valence-corrected chi connectivity index (χ2v) is 1.11. The van der Waals surface area contributed by atoms with Gasteiger partial charge in [0, 0.05) is 0 Å². The Hall–Kier alpha value is -1.06. The molecule has 0 aromatic rings. The van der Waals surface area contributed by atoms with Crippen molar-refractivity contribution >= 4 is 12.4 Å². The highest BCUT2D eigenvalue weighted by atomic mass is 16.6. The zero-order chi connectivity index (χ0) is 6.95. The molecule has 0 saturated carbocycles. The molecule has 0 aliphatic heterocycles. The van der Waals surface area contributed by atoms with Gasteiger partial charge >= 0.3 is 0 Å². The summed E-state index contributed by atoms with van der Waals surface area (Å²) in [4.78, 5) is 8.95. The standard InChI is InChI=1S/C5H10N2O2/c1-3-9-7-5-4-6-8-2/h4-5H,3H2,1-2H3/b6-4+,7-5+. The highest BCUT2D eigenvalue weighted by Crippen LogP contribution is 1.69. The van der Waals surface area contributed by atoms with Gasteiger partial charge in [-0.05, 0) is 6.92 Å². The first-order valence-corrected chi connectivity index (χ1v) is 2.62. The van der Waals surface area contributed by atoms with Gasteiger partial charge in [-0.3, -0.25) is 0 Å². The van der Waals surface area contributed by atoms with Crippen LogP contribution >= 0.6 is 0 Å². The van der Waals surface area contributed by atoms with E-state index in [2.05, 4.69) is 20.0 Å². The number of hydrogen-bond acceptors (Lipinski definition) is 4. The number of rotatable bonds is 4. The Kier molecular flexibility index (Phi) is 6.12. The number of oxime groups is 2. The largest absolute Gasteiger partial charge is 0.399 e. The van der Waals surface area contributed by atoms with Gasteiger partial charge in [0.05, 0.1) is 12.4 Å². The molecule has 0 amide bonds. The first-order chi connectivity index (χ1) is 4.41. The van der Waals surface area contributed by atoms with Gasteiger partial charge in [0.1, 0.15) is 13.7 Å². The molecular weight excluding hydrogens is 120 g/mol. The highest BCUT2D eigenvalue weighted by molar-refractivity contribution is 6.15. The topological polar surface area (TPSA) is 43.2 Å². The van der Waals surface area contributed by atoms with Crippen molar-refractivity contribution in [2.75, 3.05) is 13.7 Å². The Morgan fingerprint density at radius 2 is 2.00 bits per heavy atom. The molecule has 0 rings (SSSR count). The Labute approximate surface area is 54.1 Å². The summed E-state index contributed by atoms with van der Waals surface area (Å²) >= 11 is 0. The zero-order valence-electron chi connectivity index (χ0n) is 5.57. The maximum atomic E-state index is 4.60. The van der Waals surface area contributed by atoms with Gasteiger partial charge in [0.25, 0.3) is 0 Å². The lowest BCUT2D eigenvalue weighted by molar-refractivity contribution is 0.161. The van der Waals surface area contributed by atoms with E-state index in [0.29, 0.717) is 6.61 Å². The van der Waals surface area contributed by atoms with E-state index < -0.39 is 0 Å². The normalized spacial score (nSPS) is 10.9. The van der Waals surface area contributed by atoms with E-state index in [1.165, 1.54) is 19.5 Å². The Bertz CT molecular complexity index is 101. The third-order valence-electron chi connectivity index (χ3n) is 0.497. The summed E-state index contributed by atoms with van der Waals surface area (Å²) in [5.41, 5.74) is 0. The first-order valence-electron chi connectivity index (χ1n) is 2.62. The van der Waals surface area contributed by atoms with E-state index in [4.69, 9.17) is 0 Å². The van der Waals surface area contributed by atoms with Crippen molar-refractivity contribution in [2.45, 2.75) is 6.92 Å². The molecule has 0 atom stereocenters. The molecule has 0 fully saturated rings. The second kappa shape index (κ2) is 6.94. The average Bonchev–Trinajstić information content (AvgIpc) is 1.89. The highest BCUT2D eigenvalue weighted by Gasteiger charge is 1.66. The molecule has 0 spiro atoms. The molecular formula is C5H10N2O2. The molecule has 9 heavy (non-hydrogen) atoms. The predicted molar refractivity (Wildman–Crippen MR) is 35.6 cm³/mol. The smallest absolute Gasteiger partial charge is 0.114 e. The van der Waals surface area contributed by atoms with Crippen LogP contribution in [0.5, 0.6) is 0 Å². The molecule has 0 aliphatic carbocycles. The quantitative estimate of drug-likeness (QED) is 0.414. The van der Waals surface area contributed by atoms with Gasteiger partial charge in [-0.1, -0.05) is 10.3 Å². The molecule has 0 aliphatic rings. The van der Waals surface area contributed by atoms with Crippen LogP contribution in [0.2, 0.25) is 0 Å². The molecule has 52 valence electrons. The van der Waals surface area contributed by atoms with Crippen molar-refractivity contribution in [3.05, 3.63) is 0 Å². The summed E-state index contributed by atoms with van der Waals surface area (Å²) in [6, 6.07) is 0. The van der Waals surface area contributed by atoms with Crippen molar-refractivity contribution in [2.24, 2.45) is 10.3 Å². The van der Waals surface area contributed by atoms with Gasteiger partial charge < -0.3 is 9.68 Å². The summed E-state index contributed by atoms with van der Waals surface area (Å²) in [6.07, 6.45) is 2.81. The van der Waals surface area contributed by atoms with Crippen LogP contribution in [0.3, 0.4) is 0 Å². The SMILES string of the molecule is CCO/N=C/C=N/OC. The van der Waals surface area contributed by atoms with Gasteiger partial charge in [-0.25, -0.2) is 0 Å². The lowest BCUT2D eigenvalue weighted by Gasteiger charge is -1.85. The van der Waals surface area contributed by atoms with Crippen LogP contribution in [-0.2, 0) is 9.68 Å². The second-order valence-electron chi connectivity index (χ2n) is 1.11. The van der Waals surface area contributed by atoms with Crippen LogP contribution < -0.4 is 0 Å². The fourth-order valence-electron chi connectivity index (χ4n) is 0.233. The number of nitrogens with zero attached hydrogens (tertiary/aromatic N) is 2. The molecule has 0 saturated heterocycles. The minimum atomic E-state index is 0.567. The van der Waals surface area contributed by atoms with Crippen molar-refractivity contribution in [3.8, 4) is 0 Å². The van der Waals surface area contributed by atoms with Crippen LogP contribution in [0, 0.1) is 0 Å². The van der Waals surface area contributed by atoms with E-state index in [-0.39, 0.29) is 0 Å². The van der Waals surface area contributed by atoms with E-state index in [1.54, 1.807) is 0 Å². The monoisotopic (exact) mass is 130 g/mol. The summed E-state index contributed by atoms with van der Waals surface area (Å²) in [5.74, 6) is 0. The average molecular weight is 130 g/mol. The van der Waals surface area contributed by atoms with E-state index in [1.807, 2.05) is 6.92 Å². The van der Waals surface area contributed by atoms with Crippen LogP contribution in [0.1, 0.15) is 6.92 Å². The molecule has 0 N–H and O–H groups in total. The maximum absolute atomic E-state index is 4.60. The third-order valence-corrected chi connectivity index (χ3v) is 0.497. The van der Waals surface area contributed by atoms with Crippen molar-refractivity contribution in [1.29, 1.82) is 0 Å². The van der Waals surface area contributed by atoms with Crippen molar-refractivity contribution < 1.29 is 9.68 Å². The predicted octanol–water partition coefficient (Wildman–Crippen LogP) is 0.641. The first kappa shape index (κ1) is 7.94. The molecule has 0 aromatic carbocycles. The molecule has 4 nitrogen and oxygen atoms in total. The van der Waals surface area contributed by atoms with E-state index in [9.17, 15) is 0 Å². The van der Waals surface area contributed by atoms with Gasteiger partial charge in [-0.15, -0.1) is 0 Å². The molecule has 0 aromatic heterocycles. The molecule has 0 heterocycles. The van der Waals surface area contributed by atoms with Crippen LogP contribution in [-0.4, -0.2) is 26.1 Å². The lowest BCUT2D eigenvalue weighted by atomic mass is 10.8. The molecule has 4 heteroatoms. The van der Waals surface area contributed by atoms with Gasteiger partial charge in [0.2, 0.25) is 0 Å². The van der Waals surface area contributed by atoms with Crippen molar-refractivity contribution in [3.63, 3.8) is 0 Å². The van der Waals surface area contributed by atoms with Crippen LogP contribution in [0.15, 0.2) is 10.3 Å². The van der Waals surface area contributed by atoms with Gasteiger partial charge in [0.15, 0.2) is 0 Å². The minimum absolute atomic E-state index is 0.567. The summed E-state index contributed by atoms with van der Waals surface area (Å²) in [7, 11) is 1.46. The molecule has 0 unspecified atom stereocenters. The summed E-state index contributed by atoms with van der Waals surface area (Å²) in [5, 5.41) is 6.86. The third kappa shape index (κ3) is 6.94. The molecule has 0 bridgehead atoms. The van der Waals surface area contributed by atoms with Crippen LogP contribution in [0.4, 0.5) is 0 Å². The van der Waals surface area contributed by atoms with E-state index >= 15 is 0 Å². The Morgan fingerprint density at radius 1 is 1.33 bits per heavy atom. The fraction of sp³-hybridized carbons (Fsp3) is 0.600. The minimum Gasteiger partial charge on any atom is -0.399 e. The Balaban J connectivity index is 3.13. The fourth-order valence-corrected chi connectivity index (χ4v) is 0.233. The van der Waals surface area contributed by atoms with E-state index in [0.717, 1.165) is 0 Å². The summed E-state index contributed by atoms with van der Waals surface area (Å²) < 4.78 is 0. The maximum Gasteiger partial charge on any atom is 0.114 e. The Morgan fingerprint density at radius 3 is 2.56 bits per heavy atom. The summed E-state index contributed by atoms with van der Waals surface area (Å²) in [6.45, 7) is 2.42.